The first-order valence-corrected chi connectivity index (χ1v) is 12.6. The van der Waals surface area contributed by atoms with Gasteiger partial charge in [0.05, 0.1) is 5.75 Å². The highest BCUT2D eigenvalue weighted by Gasteiger charge is 2.53. The van der Waals surface area contributed by atoms with Gasteiger partial charge in [0, 0.05) is 12.1 Å². The fraction of sp³-hybridized carbons (Fsp3) is 0.542. The van der Waals surface area contributed by atoms with E-state index in [0.29, 0.717) is 36.7 Å². The van der Waals surface area contributed by atoms with Gasteiger partial charge in [0.15, 0.2) is 0 Å². The van der Waals surface area contributed by atoms with Crippen molar-refractivity contribution in [3.8, 4) is 0 Å². The number of sulfonamides is 1. The fourth-order valence-electron chi connectivity index (χ4n) is 4.80. The average molecular weight is 450 g/mol. The molecule has 1 saturated carbocycles. The van der Waals surface area contributed by atoms with E-state index in [2.05, 4.69) is 18.6 Å². The van der Waals surface area contributed by atoms with Crippen molar-refractivity contribution < 1.29 is 22.7 Å². The van der Waals surface area contributed by atoms with Crippen molar-refractivity contribution in [2.45, 2.75) is 58.8 Å². The SMILES string of the molecule is CC1(C)C2CC(NS(=O)(=O)CCc3cccc(F)c3)=C(CC=CCCCC(=O)O)C1C2. The molecule has 170 valence electrons. The van der Waals surface area contributed by atoms with Crippen LogP contribution in [-0.2, 0) is 21.2 Å². The lowest BCUT2D eigenvalue weighted by molar-refractivity contribution is -0.137. The van der Waals surface area contributed by atoms with Gasteiger partial charge in [-0.05, 0) is 79.0 Å². The van der Waals surface area contributed by atoms with Gasteiger partial charge in [-0.1, -0.05) is 38.1 Å². The molecule has 0 aliphatic heterocycles. The van der Waals surface area contributed by atoms with Gasteiger partial charge in [0.1, 0.15) is 5.82 Å². The Labute approximate surface area is 184 Å². The molecule has 5 nitrogen and oxygen atoms in total. The first-order chi connectivity index (χ1) is 14.6. The zero-order chi connectivity index (χ0) is 22.6. The molecule has 0 amide bonds. The van der Waals surface area contributed by atoms with Crippen LogP contribution in [0.25, 0.3) is 0 Å². The van der Waals surface area contributed by atoms with Crippen LogP contribution in [0.4, 0.5) is 4.39 Å². The molecule has 31 heavy (non-hydrogen) atoms. The first kappa shape index (κ1) is 23.5. The number of nitrogens with one attached hydrogen (secondary N) is 1. The summed E-state index contributed by atoms with van der Waals surface area (Å²) in [5.74, 6) is -0.410. The molecule has 3 aliphatic rings. The monoisotopic (exact) mass is 449 g/mol. The maximum atomic E-state index is 13.4. The quantitative estimate of drug-likeness (QED) is 0.375. The number of aliphatic carboxylic acids is 1. The largest absolute Gasteiger partial charge is 0.481 e. The van der Waals surface area contributed by atoms with Gasteiger partial charge < -0.3 is 5.11 Å². The van der Waals surface area contributed by atoms with Crippen molar-refractivity contribution >= 4 is 16.0 Å². The van der Waals surface area contributed by atoms with Gasteiger partial charge in [-0.15, -0.1) is 0 Å². The third-order valence-corrected chi connectivity index (χ3v) is 8.12. The Morgan fingerprint density at radius 2 is 2.10 bits per heavy atom. The molecule has 2 bridgehead atoms. The number of aryl methyl sites for hydroxylation is 1. The minimum atomic E-state index is -3.53. The van der Waals surface area contributed by atoms with Gasteiger partial charge in [-0.25, -0.2) is 12.8 Å². The van der Waals surface area contributed by atoms with Crippen LogP contribution in [0.3, 0.4) is 0 Å². The topological polar surface area (TPSA) is 83.5 Å². The third-order valence-electron chi connectivity index (χ3n) is 6.82. The minimum absolute atomic E-state index is 0.0863. The van der Waals surface area contributed by atoms with Crippen LogP contribution < -0.4 is 4.72 Å². The lowest BCUT2D eigenvalue weighted by Crippen LogP contribution is -2.51. The maximum Gasteiger partial charge on any atom is 0.303 e. The molecular formula is C24H32FNO4S. The Morgan fingerprint density at radius 1 is 1.32 bits per heavy atom. The number of halogens is 1. The summed E-state index contributed by atoms with van der Waals surface area (Å²) in [6, 6.07) is 6.04. The van der Waals surface area contributed by atoms with Crippen LogP contribution >= 0.6 is 0 Å². The number of hydrogen-bond acceptors (Lipinski definition) is 3. The Morgan fingerprint density at radius 3 is 2.77 bits per heavy atom. The van der Waals surface area contributed by atoms with Gasteiger partial charge in [0.25, 0.3) is 0 Å². The normalized spacial score (nSPS) is 22.4. The summed E-state index contributed by atoms with van der Waals surface area (Å²) in [5, 5.41) is 8.73. The van der Waals surface area contributed by atoms with Crippen LogP contribution in [0, 0.1) is 23.1 Å². The van der Waals surface area contributed by atoms with Crippen molar-refractivity contribution in [3.63, 3.8) is 0 Å². The Kier molecular flexibility index (Phi) is 7.24. The second-order valence-corrected chi connectivity index (χ2v) is 11.1. The molecular weight excluding hydrogens is 417 g/mol. The first-order valence-electron chi connectivity index (χ1n) is 10.9. The second kappa shape index (κ2) is 9.55. The molecule has 0 radical (unpaired) electrons. The number of hydrogen-bond donors (Lipinski definition) is 2. The molecule has 2 unspecified atom stereocenters. The average Bonchev–Trinajstić information content (AvgIpc) is 2.69. The highest BCUT2D eigenvalue weighted by atomic mass is 32.2. The predicted molar refractivity (Wildman–Crippen MR) is 119 cm³/mol. The zero-order valence-corrected chi connectivity index (χ0v) is 19.1. The van der Waals surface area contributed by atoms with E-state index in [1.807, 2.05) is 12.2 Å². The van der Waals surface area contributed by atoms with Crippen molar-refractivity contribution in [3.05, 3.63) is 59.1 Å². The summed E-state index contributed by atoms with van der Waals surface area (Å²) in [7, 11) is -3.53. The van der Waals surface area contributed by atoms with E-state index in [1.165, 1.54) is 12.1 Å². The second-order valence-electron chi connectivity index (χ2n) is 9.28. The van der Waals surface area contributed by atoms with Crippen molar-refractivity contribution in [2.24, 2.45) is 17.3 Å². The summed E-state index contributed by atoms with van der Waals surface area (Å²) in [6.45, 7) is 4.50. The molecule has 2 N–H and O–H groups in total. The molecule has 0 saturated heterocycles. The molecule has 0 aromatic heterocycles. The number of benzene rings is 1. The van der Waals surface area contributed by atoms with E-state index in [-0.39, 0.29) is 29.8 Å². The third kappa shape index (κ3) is 5.97. The van der Waals surface area contributed by atoms with Gasteiger partial charge in [-0.2, -0.15) is 0 Å². The molecule has 1 aromatic rings. The van der Waals surface area contributed by atoms with Crippen molar-refractivity contribution in [1.29, 1.82) is 0 Å². The van der Waals surface area contributed by atoms with Crippen LogP contribution in [0.5, 0.6) is 0 Å². The number of carboxylic acids is 1. The van der Waals surface area contributed by atoms with E-state index in [4.69, 9.17) is 5.11 Å². The Balaban J connectivity index is 1.67. The molecule has 0 heterocycles. The van der Waals surface area contributed by atoms with Crippen LogP contribution in [-0.4, -0.2) is 25.2 Å². The highest BCUT2D eigenvalue weighted by molar-refractivity contribution is 7.89. The maximum absolute atomic E-state index is 13.4. The lowest BCUT2D eigenvalue weighted by atomic mass is 9.48. The van der Waals surface area contributed by atoms with Crippen LogP contribution in [0.2, 0.25) is 0 Å². The Bertz CT molecular complexity index is 981. The predicted octanol–water partition coefficient (Wildman–Crippen LogP) is 4.81. The van der Waals surface area contributed by atoms with Crippen LogP contribution in [0.15, 0.2) is 47.7 Å². The summed E-state index contributed by atoms with van der Waals surface area (Å²) < 4.78 is 41.7. The van der Waals surface area contributed by atoms with E-state index in [9.17, 15) is 17.6 Å². The van der Waals surface area contributed by atoms with E-state index in [0.717, 1.165) is 24.1 Å². The van der Waals surface area contributed by atoms with Gasteiger partial charge >= 0.3 is 5.97 Å². The molecule has 2 atom stereocenters. The van der Waals surface area contributed by atoms with Crippen molar-refractivity contribution in [1.82, 2.24) is 4.72 Å². The molecule has 4 rings (SSSR count). The summed E-state index contributed by atoms with van der Waals surface area (Å²) >= 11 is 0. The number of allylic oxidation sites excluding steroid dienone is 4. The Hall–Kier alpha value is -2.15. The molecule has 1 aromatic carbocycles. The minimum Gasteiger partial charge on any atom is -0.481 e. The summed E-state index contributed by atoms with van der Waals surface area (Å²) in [4.78, 5) is 10.6. The van der Waals surface area contributed by atoms with E-state index >= 15 is 0 Å². The van der Waals surface area contributed by atoms with Crippen LogP contribution in [0.1, 0.15) is 57.9 Å². The number of carbonyl (C=O) groups is 1. The number of rotatable bonds is 11. The summed E-state index contributed by atoms with van der Waals surface area (Å²) in [6.07, 6.45) is 8.23. The molecule has 1 fully saturated rings. The van der Waals surface area contributed by atoms with Crippen molar-refractivity contribution in [2.75, 3.05) is 5.75 Å². The summed E-state index contributed by atoms with van der Waals surface area (Å²) in [5.41, 5.74) is 2.80. The highest BCUT2D eigenvalue weighted by Crippen LogP contribution is 2.61. The fourth-order valence-corrected chi connectivity index (χ4v) is 5.99. The molecule has 3 aliphatic carbocycles. The van der Waals surface area contributed by atoms with Gasteiger partial charge in [0.2, 0.25) is 10.0 Å². The lowest BCUT2D eigenvalue weighted by Gasteiger charge is -2.58. The number of fused-ring (bicyclic) bond motifs is 1. The smallest absolute Gasteiger partial charge is 0.303 e. The number of unbranched alkanes of at least 4 members (excludes halogenated alkanes) is 1. The van der Waals surface area contributed by atoms with E-state index in [1.54, 1.807) is 12.1 Å². The standard InChI is InChI=1S/C24H32FNO4S/c1-24(2)18-15-21(24)20(10-5-3-4-6-11-23(27)28)22(16-18)26-31(29,30)13-12-17-8-7-9-19(25)14-17/h3,5,7-9,14,18,21,26H,4,6,10-13,15-16H2,1-2H3,(H,27,28). The number of carboxylic acid groups (broad SMARTS) is 1. The van der Waals surface area contributed by atoms with E-state index < -0.39 is 16.0 Å². The molecule has 0 spiro atoms. The van der Waals surface area contributed by atoms with Gasteiger partial charge in [-0.3, -0.25) is 9.52 Å². The zero-order valence-electron chi connectivity index (χ0n) is 18.2. The molecule has 7 heteroatoms.